The number of carbonyl (C=O) groups is 2. The molecule has 3 N–H and O–H groups in total. The van der Waals surface area contributed by atoms with Gasteiger partial charge in [0.2, 0.25) is 0 Å². The van der Waals surface area contributed by atoms with E-state index in [2.05, 4.69) is 5.32 Å². The number of carbonyl (C=O) groups excluding carboxylic acids is 1. The van der Waals surface area contributed by atoms with Crippen molar-refractivity contribution in [3.05, 3.63) is 45.1 Å². The molecule has 1 heterocycles. The zero-order valence-corrected chi connectivity index (χ0v) is 11.9. The molecule has 108 valence electrons. The van der Waals surface area contributed by atoms with Crippen LogP contribution in [0.15, 0.2) is 24.3 Å². The van der Waals surface area contributed by atoms with Crippen molar-refractivity contribution in [1.29, 1.82) is 0 Å². The first-order valence-corrected chi connectivity index (χ1v) is 7.35. The van der Waals surface area contributed by atoms with Crippen molar-refractivity contribution >= 4 is 28.9 Å². The van der Waals surface area contributed by atoms with Crippen LogP contribution in [0.2, 0.25) is 0 Å². The highest BCUT2D eigenvalue weighted by atomic mass is 32.1. The number of phenols is 1. The molecular weight excluding hydrogens is 290 g/mol. The standard InChI is InChI=1S/C15H13NO4S/c17-11-6-9(15(19)20)4-5-10(11)16-14(18)13-7-8-2-1-3-12(8)21-13/h4-7,17H,1-3H2,(H,16,18)(H,19,20). The third-order valence-electron chi connectivity index (χ3n) is 3.46. The maximum atomic E-state index is 12.2. The second-order valence-corrected chi connectivity index (χ2v) is 6.04. The summed E-state index contributed by atoms with van der Waals surface area (Å²) in [6.07, 6.45) is 3.17. The molecule has 0 unspecified atom stereocenters. The Bertz CT molecular complexity index is 714. The van der Waals surface area contributed by atoms with Crippen LogP contribution in [0.5, 0.6) is 5.75 Å². The van der Waals surface area contributed by atoms with Gasteiger partial charge in [-0.15, -0.1) is 11.3 Å². The van der Waals surface area contributed by atoms with Crippen molar-refractivity contribution in [3.8, 4) is 5.75 Å². The van der Waals surface area contributed by atoms with E-state index in [1.807, 2.05) is 6.07 Å². The summed E-state index contributed by atoms with van der Waals surface area (Å²) in [5.41, 5.74) is 1.41. The number of amides is 1. The molecule has 0 atom stereocenters. The molecule has 0 radical (unpaired) electrons. The molecule has 6 heteroatoms. The number of thiophene rings is 1. The normalized spacial score (nSPS) is 13.0. The predicted molar refractivity (Wildman–Crippen MR) is 79.4 cm³/mol. The zero-order chi connectivity index (χ0) is 15.0. The molecule has 21 heavy (non-hydrogen) atoms. The number of fused-ring (bicyclic) bond motifs is 1. The summed E-state index contributed by atoms with van der Waals surface area (Å²) in [5.74, 6) is -1.67. The minimum atomic E-state index is -1.13. The van der Waals surface area contributed by atoms with E-state index >= 15 is 0 Å². The van der Waals surface area contributed by atoms with Gasteiger partial charge in [-0.25, -0.2) is 4.79 Å². The Morgan fingerprint density at radius 2 is 2.00 bits per heavy atom. The van der Waals surface area contributed by atoms with Gasteiger partial charge < -0.3 is 15.5 Å². The van der Waals surface area contributed by atoms with Crippen LogP contribution in [-0.2, 0) is 12.8 Å². The fourth-order valence-corrected chi connectivity index (χ4v) is 3.54. The third kappa shape index (κ3) is 2.62. The largest absolute Gasteiger partial charge is 0.506 e. The second-order valence-electron chi connectivity index (χ2n) is 4.90. The number of phenolic OH excluding ortho intramolecular Hbond substituents is 1. The summed E-state index contributed by atoms with van der Waals surface area (Å²) >= 11 is 1.48. The first kappa shape index (κ1) is 13.6. The molecule has 0 bridgehead atoms. The fraction of sp³-hybridized carbons (Fsp3) is 0.200. The number of hydrogen-bond donors (Lipinski definition) is 3. The highest BCUT2D eigenvalue weighted by Gasteiger charge is 2.19. The molecule has 1 aromatic heterocycles. The maximum Gasteiger partial charge on any atom is 0.335 e. The van der Waals surface area contributed by atoms with Crippen molar-refractivity contribution < 1.29 is 19.8 Å². The van der Waals surface area contributed by atoms with Crippen LogP contribution in [0.4, 0.5) is 5.69 Å². The number of aromatic carboxylic acids is 1. The number of benzene rings is 1. The second kappa shape index (κ2) is 5.21. The molecule has 3 rings (SSSR count). The topological polar surface area (TPSA) is 86.6 Å². The molecular formula is C15H13NO4S. The van der Waals surface area contributed by atoms with Gasteiger partial charge in [0.05, 0.1) is 16.1 Å². The number of anilines is 1. The smallest absolute Gasteiger partial charge is 0.335 e. The van der Waals surface area contributed by atoms with Crippen LogP contribution < -0.4 is 5.32 Å². The first-order chi connectivity index (χ1) is 10.0. The van der Waals surface area contributed by atoms with Gasteiger partial charge in [0, 0.05) is 4.88 Å². The summed E-state index contributed by atoms with van der Waals surface area (Å²) in [6.45, 7) is 0. The van der Waals surface area contributed by atoms with E-state index in [1.54, 1.807) is 0 Å². The van der Waals surface area contributed by atoms with Gasteiger partial charge in [0.15, 0.2) is 0 Å². The zero-order valence-electron chi connectivity index (χ0n) is 11.0. The summed E-state index contributed by atoms with van der Waals surface area (Å²) in [5, 5.41) is 21.2. The average molecular weight is 303 g/mol. The van der Waals surface area contributed by atoms with Crippen molar-refractivity contribution in [2.45, 2.75) is 19.3 Å². The third-order valence-corrected chi connectivity index (χ3v) is 4.70. The number of carboxylic acids is 1. The summed E-state index contributed by atoms with van der Waals surface area (Å²) in [6, 6.07) is 5.74. The Balaban J connectivity index is 1.79. The van der Waals surface area contributed by atoms with Gasteiger partial charge in [-0.2, -0.15) is 0 Å². The van der Waals surface area contributed by atoms with E-state index < -0.39 is 5.97 Å². The van der Waals surface area contributed by atoms with Crippen molar-refractivity contribution in [3.63, 3.8) is 0 Å². The minimum absolute atomic E-state index is 0.0272. The van der Waals surface area contributed by atoms with Crippen LogP contribution >= 0.6 is 11.3 Å². The van der Waals surface area contributed by atoms with Crippen molar-refractivity contribution in [1.82, 2.24) is 0 Å². The lowest BCUT2D eigenvalue weighted by molar-refractivity contribution is 0.0696. The lowest BCUT2D eigenvalue weighted by atomic mass is 10.2. The van der Waals surface area contributed by atoms with Gasteiger partial charge in [0.25, 0.3) is 5.91 Å². The number of carboxylic acid groups (broad SMARTS) is 1. The Morgan fingerprint density at radius 1 is 1.19 bits per heavy atom. The van der Waals surface area contributed by atoms with Crippen LogP contribution in [0.3, 0.4) is 0 Å². The van der Waals surface area contributed by atoms with E-state index in [-0.39, 0.29) is 22.9 Å². The van der Waals surface area contributed by atoms with Crippen LogP contribution in [0.25, 0.3) is 0 Å². The summed E-state index contributed by atoms with van der Waals surface area (Å²) in [4.78, 5) is 24.8. The molecule has 5 nitrogen and oxygen atoms in total. The van der Waals surface area contributed by atoms with Crippen LogP contribution in [0, 0.1) is 0 Å². The van der Waals surface area contributed by atoms with Gasteiger partial charge in [0.1, 0.15) is 5.75 Å². The van der Waals surface area contributed by atoms with E-state index in [0.717, 1.165) is 25.3 Å². The molecule has 0 aliphatic heterocycles. The van der Waals surface area contributed by atoms with Crippen LogP contribution in [-0.4, -0.2) is 22.1 Å². The quantitative estimate of drug-likeness (QED) is 0.761. The summed E-state index contributed by atoms with van der Waals surface area (Å²) < 4.78 is 0. The average Bonchev–Trinajstić information content (AvgIpc) is 3.01. The van der Waals surface area contributed by atoms with Crippen LogP contribution in [0.1, 0.15) is 36.9 Å². The fourth-order valence-electron chi connectivity index (χ4n) is 2.40. The molecule has 2 aromatic rings. The Hall–Kier alpha value is -2.34. The molecule has 1 aromatic carbocycles. The highest BCUT2D eigenvalue weighted by Crippen LogP contribution is 2.32. The number of aromatic hydroxyl groups is 1. The predicted octanol–water partition coefficient (Wildman–Crippen LogP) is 2.89. The van der Waals surface area contributed by atoms with Gasteiger partial charge in [-0.3, -0.25) is 4.79 Å². The Morgan fingerprint density at radius 3 is 2.67 bits per heavy atom. The van der Waals surface area contributed by atoms with Crippen molar-refractivity contribution in [2.24, 2.45) is 0 Å². The number of aryl methyl sites for hydroxylation is 2. The number of hydrogen-bond acceptors (Lipinski definition) is 4. The van der Waals surface area contributed by atoms with Crippen molar-refractivity contribution in [2.75, 3.05) is 5.32 Å². The molecule has 0 saturated carbocycles. The lowest BCUT2D eigenvalue weighted by Gasteiger charge is -2.07. The lowest BCUT2D eigenvalue weighted by Crippen LogP contribution is -2.10. The molecule has 1 aliphatic carbocycles. The molecule has 0 fully saturated rings. The Labute approximate surface area is 124 Å². The SMILES string of the molecule is O=C(O)c1ccc(NC(=O)c2cc3c(s2)CCC3)c(O)c1. The number of nitrogens with one attached hydrogen (secondary N) is 1. The van der Waals surface area contributed by atoms with E-state index in [0.29, 0.717) is 4.88 Å². The van der Waals surface area contributed by atoms with Gasteiger partial charge >= 0.3 is 5.97 Å². The van der Waals surface area contributed by atoms with Gasteiger partial charge in [-0.05, 0) is 49.1 Å². The first-order valence-electron chi connectivity index (χ1n) is 6.54. The molecule has 0 saturated heterocycles. The van der Waals surface area contributed by atoms with Gasteiger partial charge in [-0.1, -0.05) is 0 Å². The van der Waals surface area contributed by atoms with E-state index in [1.165, 1.54) is 33.9 Å². The monoisotopic (exact) mass is 303 g/mol. The molecule has 1 aliphatic rings. The minimum Gasteiger partial charge on any atom is -0.506 e. The summed E-state index contributed by atoms with van der Waals surface area (Å²) in [7, 11) is 0. The Kier molecular flexibility index (Phi) is 3.39. The molecule has 0 spiro atoms. The van der Waals surface area contributed by atoms with E-state index in [9.17, 15) is 14.7 Å². The maximum absolute atomic E-state index is 12.2. The molecule has 1 amide bonds. The van der Waals surface area contributed by atoms with E-state index in [4.69, 9.17) is 5.11 Å². The highest BCUT2D eigenvalue weighted by molar-refractivity contribution is 7.14. The number of rotatable bonds is 3.